The maximum Gasteiger partial charge on any atom is 0.255 e. The molecule has 4 N–H and O–H groups in total. The van der Waals surface area contributed by atoms with E-state index in [1.165, 1.54) is 6.07 Å². The molecule has 0 bridgehead atoms. The number of aryl methyl sites for hydroxylation is 1. The van der Waals surface area contributed by atoms with E-state index in [1.807, 2.05) is 6.92 Å². The summed E-state index contributed by atoms with van der Waals surface area (Å²) < 4.78 is 26.3. The molecule has 2 rings (SSSR count). The number of benzene rings is 1. The lowest BCUT2D eigenvalue weighted by Crippen LogP contribution is -2.16. The molecule has 5 nitrogen and oxygen atoms in total. The van der Waals surface area contributed by atoms with Gasteiger partial charge in [0.25, 0.3) is 5.91 Å². The van der Waals surface area contributed by atoms with E-state index in [2.05, 4.69) is 15.7 Å². The highest BCUT2D eigenvalue weighted by Gasteiger charge is 2.12. The monoisotopic (exact) mass is 292 g/mol. The number of anilines is 2. The molecule has 1 amide bonds. The zero-order chi connectivity index (χ0) is 15.4. The van der Waals surface area contributed by atoms with Crippen LogP contribution in [0, 0.1) is 11.6 Å². The van der Waals surface area contributed by atoms with Crippen molar-refractivity contribution in [2.24, 2.45) is 5.84 Å². The van der Waals surface area contributed by atoms with Crippen molar-refractivity contribution in [1.29, 1.82) is 0 Å². The number of nitrogens with zero attached hydrogens (tertiary/aromatic N) is 1. The lowest BCUT2D eigenvalue weighted by molar-refractivity contribution is 0.102. The predicted molar refractivity (Wildman–Crippen MR) is 75.7 cm³/mol. The first-order chi connectivity index (χ1) is 10.0. The summed E-state index contributed by atoms with van der Waals surface area (Å²) in [5.74, 6) is 3.54. The van der Waals surface area contributed by atoms with Gasteiger partial charge in [-0.25, -0.2) is 19.6 Å². The molecule has 0 saturated carbocycles. The lowest BCUT2D eigenvalue weighted by Gasteiger charge is -2.09. The Balaban J connectivity index is 2.27. The van der Waals surface area contributed by atoms with Gasteiger partial charge in [0, 0.05) is 17.3 Å². The average Bonchev–Trinajstić information content (AvgIpc) is 2.49. The zero-order valence-electron chi connectivity index (χ0n) is 11.3. The van der Waals surface area contributed by atoms with Crippen molar-refractivity contribution in [2.75, 3.05) is 10.7 Å². The molecule has 0 spiro atoms. The Morgan fingerprint density at radius 1 is 1.29 bits per heavy atom. The Morgan fingerprint density at radius 2 is 2.05 bits per heavy atom. The SMILES string of the molecule is CCc1cc(C(=O)Nc2ccc(F)cc2F)cc(NN)n1. The van der Waals surface area contributed by atoms with E-state index in [0.29, 0.717) is 24.0 Å². The second kappa shape index (κ2) is 6.27. The molecule has 0 unspecified atom stereocenters. The van der Waals surface area contributed by atoms with Gasteiger partial charge in [-0.15, -0.1) is 0 Å². The first-order valence-electron chi connectivity index (χ1n) is 6.27. The Kier molecular flexibility index (Phi) is 4.44. The largest absolute Gasteiger partial charge is 0.319 e. The number of hydrogen-bond donors (Lipinski definition) is 3. The molecule has 0 aliphatic heterocycles. The highest BCUT2D eigenvalue weighted by atomic mass is 19.1. The number of nitrogens with two attached hydrogens (primary N) is 1. The number of nitrogen functional groups attached to an aromatic ring is 1. The summed E-state index contributed by atoms with van der Waals surface area (Å²) >= 11 is 0. The van der Waals surface area contributed by atoms with Crippen molar-refractivity contribution in [1.82, 2.24) is 4.98 Å². The van der Waals surface area contributed by atoms with E-state index in [1.54, 1.807) is 6.07 Å². The number of aromatic nitrogens is 1. The minimum absolute atomic E-state index is 0.0986. The van der Waals surface area contributed by atoms with Gasteiger partial charge in [-0.05, 0) is 30.7 Å². The van der Waals surface area contributed by atoms with Crippen molar-refractivity contribution in [3.8, 4) is 0 Å². The molecule has 110 valence electrons. The van der Waals surface area contributed by atoms with Crippen LogP contribution in [0.4, 0.5) is 20.3 Å². The highest BCUT2D eigenvalue weighted by molar-refractivity contribution is 6.04. The van der Waals surface area contributed by atoms with Gasteiger partial charge < -0.3 is 10.7 Å². The van der Waals surface area contributed by atoms with E-state index in [9.17, 15) is 13.6 Å². The Morgan fingerprint density at radius 3 is 2.67 bits per heavy atom. The summed E-state index contributed by atoms with van der Waals surface area (Å²) in [6, 6.07) is 5.95. The van der Waals surface area contributed by atoms with Crippen molar-refractivity contribution in [2.45, 2.75) is 13.3 Å². The van der Waals surface area contributed by atoms with E-state index in [0.717, 1.165) is 12.1 Å². The molecular formula is C14H14F2N4O. The third-order valence-electron chi connectivity index (χ3n) is 2.83. The Hall–Kier alpha value is -2.54. The fraction of sp³-hybridized carbons (Fsp3) is 0.143. The van der Waals surface area contributed by atoms with E-state index in [-0.39, 0.29) is 11.3 Å². The Labute approximate surface area is 120 Å². The fourth-order valence-electron chi connectivity index (χ4n) is 1.76. The Bertz CT molecular complexity index is 654. The van der Waals surface area contributed by atoms with Gasteiger partial charge in [-0.3, -0.25) is 4.79 Å². The highest BCUT2D eigenvalue weighted by Crippen LogP contribution is 2.17. The molecule has 1 aromatic heterocycles. The number of hydrogen-bond acceptors (Lipinski definition) is 4. The van der Waals surface area contributed by atoms with Gasteiger partial charge >= 0.3 is 0 Å². The fourth-order valence-corrected chi connectivity index (χ4v) is 1.76. The second-order valence-corrected chi connectivity index (χ2v) is 4.31. The van der Waals surface area contributed by atoms with Gasteiger partial charge in [-0.1, -0.05) is 6.92 Å². The topological polar surface area (TPSA) is 80.0 Å². The van der Waals surface area contributed by atoms with Crippen LogP contribution < -0.4 is 16.6 Å². The molecule has 0 aliphatic carbocycles. The maximum atomic E-state index is 13.5. The van der Waals surface area contributed by atoms with Gasteiger partial charge in [0.05, 0.1) is 5.69 Å². The molecule has 0 aliphatic rings. The first-order valence-corrected chi connectivity index (χ1v) is 6.27. The normalized spacial score (nSPS) is 10.3. The average molecular weight is 292 g/mol. The van der Waals surface area contributed by atoms with Crippen molar-refractivity contribution in [3.05, 3.63) is 53.2 Å². The molecule has 0 saturated heterocycles. The number of nitrogens with one attached hydrogen (secondary N) is 2. The molecule has 21 heavy (non-hydrogen) atoms. The smallest absolute Gasteiger partial charge is 0.255 e. The molecule has 2 aromatic rings. The van der Waals surface area contributed by atoms with Crippen LogP contribution in [0.25, 0.3) is 0 Å². The lowest BCUT2D eigenvalue weighted by atomic mass is 10.1. The summed E-state index contributed by atoms with van der Waals surface area (Å²) in [5.41, 5.74) is 3.20. The summed E-state index contributed by atoms with van der Waals surface area (Å²) in [6.45, 7) is 1.88. The summed E-state index contributed by atoms with van der Waals surface area (Å²) in [6.07, 6.45) is 0.612. The van der Waals surface area contributed by atoms with Crippen molar-refractivity contribution >= 4 is 17.4 Å². The van der Waals surface area contributed by atoms with Crippen LogP contribution in [-0.2, 0) is 6.42 Å². The van der Waals surface area contributed by atoms with Crippen molar-refractivity contribution in [3.63, 3.8) is 0 Å². The van der Waals surface area contributed by atoms with Crippen LogP contribution in [0.15, 0.2) is 30.3 Å². The number of halogens is 2. The van der Waals surface area contributed by atoms with Gasteiger partial charge in [-0.2, -0.15) is 0 Å². The van der Waals surface area contributed by atoms with Crippen LogP contribution in [-0.4, -0.2) is 10.9 Å². The van der Waals surface area contributed by atoms with E-state index < -0.39 is 17.5 Å². The molecule has 1 heterocycles. The van der Waals surface area contributed by atoms with Crippen LogP contribution >= 0.6 is 0 Å². The minimum atomic E-state index is -0.842. The molecule has 0 radical (unpaired) electrons. The number of pyridine rings is 1. The van der Waals surface area contributed by atoms with Crippen LogP contribution in [0.5, 0.6) is 0 Å². The number of hydrazine groups is 1. The van der Waals surface area contributed by atoms with Crippen LogP contribution in [0.1, 0.15) is 23.0 Å². The number of amides is 1. The summed E-state index contributed by atoms with van der Waals surface area (Å²) in [5, 5.41) is 2.38. The van der Waals surface area contributed by atoms with Crippen LogP contribution in [0.3, 0.4) is 0 Å². The minimum Gasteiger partial charge on any atom is -0.319 e. The molecule has 1 aromatic carbocycles. The molecule has 7 heteroatoms. The molecule has 0 atom stereocenters. The molecule has 0 fully saturated rings. The standard InChI is InChI=1S/C14H14F2N4O/c1-2-10-5-8(6-13(18-10)20-17)14(21)19-12-4-3-9(15)7-11(12)16/h3-7H,2,17H2,1H3,(H,18,20)(H,19,21). The first kappa shape index (κ1) is 14.9. The van der Waals surface area contributed by atoms with Crippen LogP contribution in [0.2, 0.25) is 0 Å². The quantitative estimate of drug-likeness (QED) is 0.597. The van der Waals surface area contributed by atoms with Gasteiger partial charge in [0.15, 0.2) is 0 Å². The summed E-state index contributed by atoms with van der Waals surface area (Å²) in [7, 11) is 0. The van der Waals surface area contributed by atoms with E-state index >= 15 is 0 Å². The van der Waals surface area contributed by atoms with Gasteiger partial charge in [0.2, 0.25) is 0 Å². The van der Waals surface area contributed by atoms with Crippen molar-refractivity contribution < 1.29 is 13.6 Å². The number of carbonyl (C=O) groups excluding carboxylic acids is 1. The third-order valence-corrected chi connectivity index (χ3v) is 2.83. The predicted octanol–water partition coefficient (Wildman–Crippen LogP) is 2.46. The zero-order valence-corrected chi connectivity index (χ0v) is 11.3. The summed E-state index contributed by atoms with van der Waals surface area (Å²) in [4.78, 5) is 16.3. The maximum absolute atomic E-state index is 13.5. The van der Waals surface area contributed by atoms with Gasteiger partial charge in [0.1, 0.15) is 17.5 Å². The second-order valence-electron chi connectivity index (χ2n) is 4.31. The van der Waals surface area contributed by atoms with E-state index in [4.69, 9.17) is 5.84 Å². The number of rotatable bonds is 4. The number of carbonyl (C=O) groups is 1. The third kappa shape index (κ3) is 3.51. The molecular weight excluding hydrogens is 278 g/mol.